The predicted octanol–water partition coefficient (Wildman–Crippen LogP) is 2.29. The SMILES string of the molecule is Cc1cc(Cl)ccc1NC(=O)CN(CCO)C(C)C. The lowest BCUT2D eigenvalue weighted by atomic mass is 10.2. The number of carbonyl (C=O) groups excluding carboxylic acids is 1. The Bertz CT molecular complexity index is 435. The number of nitrogens with one attached hydrogen (secondary N) is 1. The van der Waals surface area contributed by atoms with Crippen molar-refractivity contribution >= 4 is 23.2 Å². The number of carbonyl (C=O) groups is 1. The van der Waals surface area contributed by atoms with Gasteiger partial charge < -0.3 is 10.4 Å². The molecule has 0 saturated heterocycles. The van der Waals surface area contributed by atoms with Crippen LogP contribution >= 0.6 is 11.6 Å². The van der Waals surface area contributed by atoms with Gasteiger partial charge in [0.25, 0.3) is 0 Å². The van der Waals surface area contributed by atoms with Crippen LogP contribution in [0.3, 0.4) is 0 Å². The first-order valence-corrected chi connectivity index (χ1v) is 6.72. The van der Waals surface area contributed by atoms with Gasteiger partial charge in [-0.15, -0.1) is 0 Å². The number of aliphatic hydroxyl groups is 1. The molecule has 0 spiro atoms. The van der Waals surface area contributed by atoms with Gasteiger partial charge in [0.1, 0.15) is 0 Å². The van der Waals surface area contributed by atoms with Gasteiger partial charge in [-0.25, -0.2) is 0 Å². The van der Waals surface area contributed by atoms with Gasteiger partial charge in [0.15, 0.2) is 0 Å². The minimum Gasteiger partial charge on any atom is -0.395 e. The van der Waals surface area contributed by atoms with E-state index in [1.54, 1.807) is 12.1 Å². The first-order valence-electron chi connectivity index (χ1n) is 6.35. The molecule has 1 amide bonds. The van der Waals surface area contributed by atoms with Crippen LogP contribution in [-0.2, 0) is 4.79 Å². The largest absolute Gasteiger partial charge is 0.395 e. The first-order chi connectivity index (χ1) is 8.93. The maximum absolute atomic E-state index is 12.0. The molecule has 0 aromatic heterocycles. The molecule has 1 aromatic carbocycles. The molecule has 0 aliphatic carbocycles. The molecule has 4 nitrogen and oxygen atoms in total. The van der Waals surface area contributed by atoms with E-state index in [1.807, 2.05) is 31.7 Å². The zero-order valence-corrected chi connectivity index (χ0v) is 12.4. The van der Waals surface area contributed by atoms with Crippen molar-refractivity contribution in [2.24, 2.45) is 0 Å². The number of aryl methyl sites for hydroxylation is 1. The Morgan fingerprint density at radius 1 is 1.47 bits per heavy atom. The molecule has 0 aliphatic heterocycles. The van der Waals surface area contributed by atoms with Crippen molar-refractivity contribution in [1.82, 2.24) is 4.90 Å². The van der Waals surface area contributed by atoms with Crippen molar-refractivity contribution in [3.05, 3.63) is 28.8 Å². The van der Waals surface area contributed by atoms with E-state index in [-0.39, 0.29) is 25.1 Å². The Hall–Kier alpha value is -1.10. The molecule has 0 heterocycles. The number of aliphatic hydroxyl groups excluding tert-OH is 1. The highest BCUT2D eigenvalue weighted by atomic mass is 35.5. The maximum Gasteiger partial charge on any atom is 0.238 e. The van der Waals surface area contributed by atoms with Gasteiger partial charge in [0, 0.05) is 23.3 Å². The average Bonchev–Trinajstić information content (AvgIpc) is 2.32. The van der Waals surface area contributed by atoms with Gasteiger partial charge in [-0.3, -0.25) is 9.69 Å². The molecular formula is C14H21ClN2O2. The van der Waals surface area contributed by atoms with Gasteiger partial charge in [-0.1, -0.05) is 11.6 Å². The highest BCUT2D eigenvalue weighted by Gasteiger charge is 2.14. The summed E-state index contributed by atoms with van der Waals surface area (Å²) in [6.45, 7) is 6.69. The summed E-state index contributed by atoms with van der Waals surface area (Å²) in [5.41, 5.74) is 1.70. The van der Waals surface area contributed by atoms with Crippen LogP contribution in [0.25, 0.3) is 0 Å². The summed E-state index contributed by atoms with van der Waals surface area (Å²) in [7, 11) is 0. The van der Waals surface area contributed by atoms with E-state index >= 15 is 0 Å². The molecule has 106 valence electrons. The number of amides is 1. The molecule has 19 heavy (non-hydrogen) atoms. The number of benzene rings is 1. The molecule has 2 N–H and O–H groups in total. The fraction of sp³-hybridized carbons (Fsp3) is 0.500. The van der Waals surface area contributed by atoms with Gasteiger partial charge >= 0.3 is 0 Å². The molecule has 0 fully saturated rings. The fourth-order valence-corrected chi connectivity index (χ4v) is 2.02. The molecule has 1 rings (SSSR count). The van der Waals surface area contributed by atoms with E-state index in [0.29, 0.717) is 11.6 Å². The molecule has 0 unspecified atom stereocenters. The Morgan fingerprint density at radius 3 is 2.68 bits per heavy atom. The second-order valence-electron chi connectivity index (χ2n) is 4.80. The minimum atomic E-state index is -0.0902. The molecule has 0 saturated carbocycles. The molecule has 5 heteroatoms. The lowest BCUT2D eigenvalue weighted by Gasteiger charge is -2.24. The number of rotatable bonds is 6. The average molecular weight is 285 g/mol. The van der Waals surface area contributed by atoms with Crippen LogP contribution in [0.1, 0.15) is 19.4 Å². The lowest BCUT2D eigenvalue weighted by Crippen LogP contribution is -2.39. The summed E-state index contributed by atoms with van der Waals surface area (Å²) < 4.78 is 0. The molecule has 0 atom stereocenters. The Kier molecular flexibility index (Phi) is 6.28. The molecular weight excluding hydrogens is 264 g/mol. The number of hydrogen-bond acceptors (Lipinski definition) is 3. The smallest absolute Gasteiger partial charge is 0.238 e. The standard InChI is InChI=1S/C14H21ClN2O2/c1-10(2)17(6-7-18)9-14(19)16-13-5-4-12(15)8-11(13)3/h4-5,8,10,18H,6-7,9H2,1-3H3,(H,16,19). The number of hydrogen-bond donors (Lipinski definition) is 2. The molecule has 1 aromatic rings. The van der Waals surface area contributed by atoms with Crippen molar-refractivity contribution < 1.29 is 9.90 Å². The van der Waals surface area contributed by atoms with E-state index < -0.39 is 0 Å². The van der Waals surface area contributed by atoms with Crippen LogP contribution in [0.5, 0.6) is 0 Å². The monoisotopic (exact) mass is 284 g/mol. The minimum absolute atomic E-state index is 0.0471. The number of halogens is 1. The predicted molar refractivity (Wildman–Crippen MR) is 78.6 cm³/mol. The molecule has 0 bridgehead atoms. The lowest BCUT2D eigenvalue weighted by molar-refractivity contribution is -0.117. The summed E-state index contributed by atoms with van der Waals surface area (Å²) in [6.07, 6.45) is 0. The normalized spacial score (nSPS) is 11.1. The maximum atomic E-state index is 12.0. The highest BCUT2D eigenvalue weighted by Crippen LogP contribution is 2.19. The zero-order chi connectivity index (χ0) is 14.4. The summed E-state index contributed by atoms with van der Waals surface area (Å²) in [5, 5.41) is 12.5. The summed E-state index contributed by atoms with van der Waals surface area (Å²) >= 11 is 5.87. The van der Waals surface area contributed by atoms with E-state index in [0.717, 1.165) is 11.3 Å². The van der Waals surface area contributed by atoms with Crippen LogP contribution in [0, 0.1) is 6.92 Å². The third-order valence-corrected chi connectivity index (χ3v) is 3.16. The van der Waals surface area contributed by atoms with Crippen molar-refractivity contribution in [2.45, 2.75) is 26.8 Å². The van der Waals surface area contributed by atoms with E-state index in [9.17, 15) is 4.79 Å². The van der Waals surface area contributed by atoms with Crippen molar-refractivity contribution in [1.29, 1.82) is 0 Å². The van der Waals surface area contributed by atoms with E-state index in [2.05, 4.69) is 5.32 Å². The van der Waals surface area contributed by atoms with Gasteiger partial charge in [0.05, 0.1) is 13.2 Å². The zero-order valence-electron chi connectivity index (χ0n) is 11.6. The quantitative estimate of drug-likeness (QED) is 0.843. The fourth-order valence-electron chi connectivity index (χ4n) is 1.79. The third-order valence-electron chi connectivity index (χ3n) is 2.93. The summed E-state index contributed by atoms with van der Waals surface area (Å²) in [4.78, 5) is 13.9. The van der Waals surface area contributed by atoms with E-state index in [1.165, 1.54) is 0 Å². The molecule has 0 aliphatic rings. The van der Waals surface area contributed by atoms with Crippen molar-refractivity contribution in [3.63, 3.8) is 0 Å². The van der Waals surface area contributed by atoms with Crippen LogP contribution < -0.4 is 5.32 Å². The van der Waals surface area contributed by atoms with E-state index in [4.69, 9.17) is 16.7 Å². The Morgan fingerprint density at radius 2 is 2.16 bits per heavy atom. The Balaban J connectivity index is 2.63. The second-order valence-corrected chi connectivity index (χ2v) is 5.23. The van der Waals surface area contributed by atoms with Gasteiger partial charge in [-0.2, -0.15) is 0 Å². The second kappa shape index (κ2) is 7.48. The number of anilines is 1. The highest BCUT2D eigenvalue weighted by molar-refractivity contribution is 6.30. The van der Waals surface area contributed by atoms with Crippen molar-refractivity contribution in [3.8, 4) is 0 Å². The first kappa shape index (κ1) is 16.0. The van der Waals surface area contributed by atoms with Crippen LogP contribution in [0.15, 0.2) is 18.2 Å². The Labute approximate surface area is 119 Å². The van der Waals surface area contributed by atoms with Crippen LogP contribution in [0.4, 0.5) is 5.69 Å². The number of nitrogens with zero attached hydrogens (tertiary/aromatic N) is 1. The van der Waals surface area contributed by atoms with Gasteiger partial charge in [0.2, 0.25) is 5.91 Å². The van der Waals surface area contributed by atoms with Crippen LogP contribution in [0.2, 0.25) is 5.02 Å². The van der Waals surface area contributed by atoms with Gasteiger partial charge in [-0.05, 0) is 44.5 Å². The summed E-state index contributed by atoms with van der Waals surface area (Å²) in [6, 6.07) is 5.56. The molecule has 0 radical (unpaired) electrons. The topological polar surface area (TPSA) is 52.6 Å². The summed E-state index contributed by atoms with van der Waals surface area (Å²) in [5.74, 6) is -0.0902. The third kappa shape index (κ3) is 5.19. The van der Waals surface area contributed by atoms with Crippen LogP contribution in [-0.4, -0.2) is 41.7 Å². The van der Waals surface area contributed by atoms with Crippen molar-refractivity contribution in [2.75, 3.05) is 25.0 Å².